The van der Waals surface area contributed by atoms with Gasteiger partial charge in [-0.2, -0.15) is 0 Å². The van der Waals surface area contributed by atoms with E-state index in [0.29, 0.717) is 31.3 Å². The van der Waals surface area contributed by atoms with Gasteiger partial charge in [0, 0.05) is 20.9 Å². The van der Waals surface area contributed by atoms with Gasteiger partial charge in [-0.15, -0.1) is 0 Å². The first kappa shape index (κ1) is 25.1. The third-order valence-corrected chi connectivity index (χ3v) is 20.4. The fraction of sp³-hybridized carbons (Fsp3) is 1.00. The smallest absolute Gasteiger partial charge is 0.192 e. The Morgan fingerprint density at radius 1 is 0.865 bits per heavy atom. The van der Waals surface area contributed by atoms with E-state index in [2.05, 4.69) is 81.6 Å². The molecule has 0 radical (unpaired) electrons. The first-order valence-electron chi connectivity index (χ1n) is 18.0. The zero-order valence-electron chi connectivity index (χ0n) is 32.6. The van der Waals surface area contributed by atoms with Crippen LogP contribution in [0.3, 0.4) is 0 Å². The highest BCUT2D eigenvalue weighted by molar-refractivity contribution is 6.74. The summed E-state index contributed by atoms with van der Waals surface area (Å²) in [7, 11) is -3.91. The highest BCUT2D eigenvalue weighted by atomic mass is 28.4. The summed E-state index contributed by atoms with van der Waals surface area (Å²) in [6, 6.07) is 0. The second kappa shape index (κ2) is 11.3. The second-order valence-corrected chi connectivity index (χ2v) is 25.8. The molecule has 1 N–H and O–H groups in total. The van der Waals surface area contributed by atoms with Crippen LogP contribution in [0.2, 0.25) is 36.3 Å². The molecule has 0 heterocycles. The van der Waals surface area contributed by atoms with Crippen LogP contribution < -0.4 is 0 Å². The molecule has 0 aromatic rings. The van der Waals surface area contributed by atoms with Crippen LogP contribution in [0.1, 0.15) is 135 Å². The lowest BCUT2D eigenvalue weighted by atomic mass is 9.56. The average molecular weight is 561 g/mol. The quantitative estimate of drug-likeness (QED) is 0.255. The molecule has 1 unspecified atom stereocenters. The number of aliphatic hydroxyl groups is 1. The number of hydrogen-bond acceptors (Lipinski definition) is 3. The Bertz CT molecular complexity index is 923. The van der Waals surface area contributed by atoms with Crippen molar-refractivity contribution in [1.82, 2.24) is 0 Å². The minimum Gasteiger partial charge on any atom is -0.417 e. The van der Waals surface area contributed by atoms with E-state index in [1.807, 2.05) is 0 Å². The van der Waals surface area contributed by atoms with Gasteiger partial charge in [0.05, 0.1) is 5.60 Å². The number of hydrogen-bond donors (Lipinski definition) is 1. The predicted octanol–water partition coefficient (Wildman–Crippen LogP) is 9.95. The summed E-state index contributed by atoms with van der Waals surface area (Å²) >= 11 is 0. The van der Waals surface area contributed by atoms with Gasteiger partial charge < -0.3 is 14.0 Å². The van der Waals surface area contributed by atoms with Crippen LogP contribution >= 0.6 is 0 Å². The molecule has 5 atom stereocenters. The van der Waals surface area contributed by atoms with Crippen molar-refractivity contribution < 1.29 is 22.2 Å². The van der Waals surface area contributed by atoms with Gasteiger partial charge in [0.1, 0.15) is 0 Å². The van der Waals surface area contributed by atoms with Crippen molar-refractivity contribution in [2.75, 3.05) is 6.61 Å². The van der Waals surface area contributed by atoms with Gasteiger partial charge in [-0.3, -0.25) is 0 Å². The molecule has 3 nitrogen and oxygen atoms in total. The molecule has 0 amide bonds. The van der Waals surface area contributed by atoms with Gasteiger partial charge in [0.25, 0.3) is 0 Å². The zero-order chi connectivity index (χ0) is 33.7. The number of fused-ring (bicyclic) bond motifs is 1. The maximum Gasteiger partial charge on any atom is 0.192 e. The van der Waals surface area contributed by atoms with E-state index in [9.17, 15) is 5.11 Å². The van der Waals surface area contributed by atoms with E-state index in [1.165, 1.54) is 0 Å². The fourth-order valence-corrected chi connectivity index (χ4v) is 9.38. The molecule has 2 saturated carbocycles. The standard InChI is InChI=1S/C32H66O3Si2/c1-28(2,3)36(11,12)34-24-23-31(9,21-16-20-30(7,8)33)27-19-18-25-26(17-15-22-32(25,27)10)35-37(13,14)29(4,5)6/h25-27,33H,15-24H2,1-14H3/t25-,26-,27+,31?,32-/m0/s1/i7D3,8D3. The first-order chi connectivity index (χ1) is 19.0. The molecule has 0 aliphatic heterocycles. The molecular weight excluding hydrogens is 489 g/mol. The maximum atomic E-state index is 11.0. The van der Waals surface area contributed by atoms with Crippen LogP contribution in [0.25, 0.3) is 0 Å². The molecule has 5 heteroatoms. The average Bonchev–Trinajstić information content (AvgIpc) is 3.14. The molecule has 0 bridgehead atoms. The molecule has 2 fully saturated rings. The SMILES string of the molecule is [2H]C([2H])([2H])C(O)(CCCC(C)(CCO[Si](C)(C)C(C)(C)C)[C@H]1CC[C@H]2[C@@H](O[Si](C)(C)C(C)(C)C)CCC[C@]12C)C([2H])([2H])[2H]. The lowest BCUT2D eigenvalue weighted by Gasteiger charge is -2.53. The zero-order valence-corrected chi connectivity index (χ0v) is 28.6. The van der Waals surface area contributed by atoms with Crippen LogP contribution in [0.15, 0.2) is 0 Å². The van der Waals surface area contributed by atoms with Gasteiger partial charge in [0.2, 0.25) is 0 Å². The fourth-order valence-electron chi connectivity index (χ4n) is 6.94. The summed E-state index contributed by atoms with van der Waals surface area (Å²) in [4.78, 5) is 0. The highest BCUT2D eigenvalue weighted by Crippen LogP contribution is 2.63. The van der Waals surface area contributed by atoms with E-state index in [4.69, 9.17) is 17.1 Å². The van der Waals surface area contributed by atoms with Crippen LogP contribution in [-0.2, 0) is 8.85 Å². The summed E-state index contributed by atoms with van der Waals surface area (Å²) in [6.45, 7) is 22.3. The van der Waals surface area contributed by atoms with E-state index >= 15 is 0 Å². The molecule has 2 aliphatic rings. The molecule has 0 saturated heterocycles. The van der Waals surface area contributed by atoms with Crippen molar-refractivity contribution in [1.29, 1.82) is 0 Å². The van der Waals surface area contributed by atoms with Crippen molar-refractivity contribution in [3.05, 3.63) is 0 Å². The molecule has 220 valence electrons. The van der Waals surface area contributed by atoms with Crippen molar-refractivity contribution in [3.8, 4) is 0 Å². The minimum absolute atomic E-state index is 0.0847. The molecule has 37 heavy (non-hydrogen) atoms. The van der Waals surface area contributed by atoms with Gasteiger partial charge in [-0.05, 0) is 118 Å². The molecule has 0 spiro atoms. The van der Waals surface area contributed by atoms with Crippen LogP contribution in [0.4, 0.5) is 0 Å². The van der Waals surface area contributed by atoms with Crippen molar-refractivity contribution in [2.24, 2.45) is 22.7 Å². The van der Waals surface area contributed by atoms with Crippen LogP contribution in [0, 0.1) is 22.7 Å². The largest absolute Gasteiger partial charge is 0.417 e. The second-order valence-electron chi connectivity index (χ2n) is 16.3. The summed E-state index contributed by atoms with van der Waals surface area (Å²) in [5, 5.41) is 11.3. The van der Waals surface area contributed by atoms with Gasteiger partial charge in [0.15, 0.2) is 16.6 Å². The Morgan fingerprint density at radius 3 is 2.00 bits per heavy atom. The topological polar surface area (TPSA) is 38.7 Å². The molecule has 2 rings (SSSR count). The Morgan fingerprint density at radius 2 is 1.46 bits per heavy atom. The van der Waals surface area contributed by atoms with Gasteiger partial charge in [-0.1, -0.05) is 68.2 Å². The lowest BCUT2D eigenvalue weighted by molar-refractivity contribution is -0.0508. The monoisotopic (exact) mass is 560 g/mol. The Kier molecular flexibility index (Phi) is 7.65. The van der Waals surface area contributed by atoms with Crippen molar-refractivity contribution in [3.63, 3.8) is 0 Å². The normalized spacial score (nSPS) is 32.8. The molecule has 0 aromatic heterocycles. The molecule has 2 aliphatic carbocycles. The van der Waals surface area contributed by atoms with E-state index < -0.39 is 35.9 Å². The lowest BCUT2D eigenvalue weighted by Crippen LogP contribution is -2.51. The van der Waals surface area contributed by atoms with E-state index in [-0.39, 0.29) is 33.4 Å². The summed E-state index contributed by atoms with van der Waals surface area (Å²) in [6.07, 6.45) is 7.40. The van der Waals surface area contributed by atoms with Gasteiger partial charge >= 0.3 is 0 Å². The van der Waals surface area contributed by atoms with E-state index in [1.54, 1.807) is 0 Å². The van der Waals surface area contributed by atoms with Crippen molar-refractivity contribution in [2.45, 2.75) is 175 Å². The number of rotatable bonds is 11. The maximum absolute atomic E-state index is 11.0. The third-order valence-electron chi connectivity index (χ3n) is 11.4. The highest BCUT2D eigenvalue weighted by Gasteiger charge is 2.57. The minimum atomic E-state index is -2.98. The van der Waals surface area contributed by atoms with Gasteiger partial charge in [-0.25, -0.2) is 0 Å². The van der Waals surface area contributed by atoms with Crippen molar-refractivity contribution >= 4 is 16.6 Å². The summed E-state index contributed by atoms with van der Waals surface area (Å²) < 4.78 is 61.0. The Hall–Kier alpha value is 0.314. The molecular formula is C32H66O3Si2. The van der Waals surface area contributed by atoms with Crippen LogP contribution in [-0.4, -0.2) is 40.1 Å². The summed E-state index contributed by atoms with van der Waals surface area (Å²) in [5.74, 6) is 0.857. The Balaban J connectivity index is 2.39. The third kappa shape index (κ3) is 7.95. The Labute approximate surface area is 243 Å². The molecule has 0 aromatic carbocycles. The first-order valence-corrected chi connectivity index (χ1v) is 20.8. The van der Waals surface area contributed by atoms with Crippen LogP contribution in [0.5, 0.6) is 0 Å². The predicted molar refractivity (Wildman–Crippen MR) is 166 cm³/mol. The summed E-state index contributed by atoms with van der Waals surface area (Å²) in [5.41, 5.74) is -2.82. The van der Waals surface area contributed by atoms with E-state index in [0.717, 1.165) is 38.5 Å².